The van der Waals surface area contributed by atoms with Gasteiger partial charge in [0, 0.05) is 5.56 Å². The van der Waals surface area contributed by atoms with Gasteiger partial charge < -0.3 is 28.6 Å². The van der Waals surface area contributed by atoms with Gasteiger partial charge in [-0.25, -0.2) is 4.39 Å². The van der Waals surface area contributed by atoms with Crippen LogP contribution >= 0.6 is 0 Å². The van der Waals surface area contributed by atoms with Gasteiger partial charge in [-0.05, 0) is 55.0 Å². The van der Waals surface area contributed by atoms with Gasteiger partial charge in [0.05, 0.1) is 45.2 Å². The molecule has 8 nitrogen and oxygen atoms in total. The first kappa shape index (κ1) is 23.9. The Kier molecular flexibility index (Phi) is 6.77. The maximum atomic E-state index is 14.4. The molecule has 0 bridgehead atoms. The van der Waals surface area contributed by atoms with Crippen LogP contribution in [0.4, 0.5) is 4.39 Å². The van der Waals surface area contributed by atoms with Crippen molar-refractivity contribution in [1.29, 1.82) is 0 Å². The summed E-state index contributed by atoms with van der Waals surface area (Å²) in [5.74, 6) is -1.65. The third-order valence-corrected chi connectivity index (χ3v) is 5.67. The van der Waals surface area contributed by atoms with E-state index in [1.807, 2.05) is 6.92 Å². The average Bonchev–Trinajstić information content (AvgIpc) is 3.46. The minimum Gasteiger partial charge on any atom is -0.507 e. The molecular weight excluding hydrogens is 457 g/mol. The van der Waals surface area contributed by atoms with Gasteiger partial charge in [0.15, 0.2) is 23.1 Å². The molecule has 3 aromatic rings. The first-order valence-corrected chi connectivity index (χ1v) is 10.8. The normalized spacial score (nSPS) is 17.0. The fourth-order valence-electron chi connectivity index (χ4n) is 4.06. The van der Waals surface area contributed by atoms with Crippen molar-refractivity contribution in [1.82, 2.24) is 4.90 Å². The van der Waals surface area contributed by atoms with E-state index in [1.165, 1.54) is 37.5 Å². The van der Waals surface area contributed by atoms with Gasteiger partial charge in [-0.15, -0.1) is 0 Å². The average molecular weight is 481 g/mol. The van der Waals surface area contributed by atoms with Crippen molar-refractivity contribution < 1.29 is 37.7 Å². The Balaban J connectivity index is 1.88. The maximum absolute atomic E-state index is 14.4. The van der Waals surface area contributed by atoms with Gasteiger partial charge in [-0.1, -0.05) is 6.07 Å². The SMILES string of the molecule is CCOc1ccc(C2/C(=C(/O)c3ccc(OC)c(F)c3)C(=O)C(=O)N2Cc2ccco2)cc1OC. The number of nitrogens with zero attached hydrogens (tertiary/aromatic N) is 1. The van der Waals surface area contributed by atoms with E-state index in [9.17, 15) is 19.1 Å². The standard InChI is InChI=1S/C26H24FNO7/c1-4-34-20-10-7-15(13-21(20)33-3)23-22(24(29)16-8-9-19(32-2)18(27)12-16)25(30)26(31)28(23)14-17-6-5-11-35-17/h5-13,23,29H,4,14H2,1-3H3/b24-22-. The van der Waals surface area contributed by atoms with E-state index in [-0.39, 0.29) is 23.4 Å². The van der Waals surface area contributed by atoms with E-state index < -0.39 is 29.3 Å². The molecule has 0 aliphatic carbocycles. The third kappa shape index (κ3) is 4.44. The molecule has 1 aromatic heterocycles. The molecule has 1 fully saturated rings. The van der Waals surface area contributed by atoms with Gasteiger partial charge in [0.2, 0.25) is 0 Å². The summed E-state index contributed by atoms with van der Waals surface area (Å²) in [6, 6.07) is 11.1. The summed E-state index contributed by atoms with van der Waals surface area (Å²) in [5, 5.41) is 11.1. The van der Waals surface area contributed by atoms with Crippen LogP contribution in [0, 0.1) is 5.82 Å². The smallest absolute Gasteiger partial charge is 0.296 e. The molecule has 2 heterocycles. The van der Waals surface area contributed by atoms with Crippen LogP contribution in [-0.2, 0) is 16.1 Å². The molecular formula is C26H24FNO7. The van der Waals surface area contributed by atoms with Gasteiger partial charge in [-0.2, -0.15) is 0 Å². The summed E-state index contributed by atoms with van der Waals surface area (Å²) in [5.41, 5.74) is 0.339. The Labute approximate surface area is 201 Å². The lowest BCUT2D eigenvalue weighted by Gasteiger charge is -2.25. The van der Waals surface area contributed by atoms with Crippen LogP contribution in [0.5, 0.6) is 17.2 Å². The van der Waals surface area contributed by atoms with Crippen LogP contribution in [0.1, 0.15) is 29.9 Å². The zero-order chi connectivity index (χ0) is 25.1. The Hall–Kier alpha value is -4.27. The number of halogens is 1. The first-order chi connectivity index (χ1) is 16.9. The summed E-state index contributed by atoms with van der Waals surface area (Å²) in [6.07, 6.45) is 1.46. The van der Waals surface area contributed by atoms with E-state index in [0.29, 0.717) is 29.4 Å². The molecule has 182 valence electrons. The van der Waals surface area contributed by atoms with Crippen molar-refractivity contribution in [2.75, 3.05) is 20.8 Å². The van der Waals surface area contributed by atoms with Crippen molar-refractivity contribution in [2.24, 2.45) is 0 Å². The van der Waals surface area contributed by atoms with Gasteiger partial charge in [0.1, 0.15) is 11.5 Å². The van der Waals surface area contributed by atoms with Crippen LogP contribution in [-0.4, -0.2) is 42.5 Å². The number of ketones is 1. The molecule has 1 amide bonds. The number of carbonyl (C=O) groups excluding carboxylic acids is 2. The molecule has 35 heavy (non-hydrogen) atoms. The molecule has 0 radical (unpaired) electrons. The minimum atomic E-state index is -0.991. The van der Waals surface area contributed by atoms with Crippen molar-refractivity contribution in [2.45, 2.75) is 19.5 Å². The quantitative estimate of drug-likeness (QED) is 0.288. The number of amides is 1. The highest BCUT2D eigenvalue weighted by Crippen LogP contribution is 2.43. The van der Waals surface area contributed by atoms with Crippen LogP contribution in [0.2, 0.25) is 0 Å². The monoisotopic (exact) mass is 481 g/mol. The number of likely N-dealkylation sites (tertiary alicyclic amines) is 1. The Morgan fingerprint density at radius 3 is 2.43 bits per heavy atom. The summed E-state index contributed by atoms with van der Waals surface area (Å²) in [7, 11) is 2.79. The van der Waals surface area contributed by atoms with Gasteiger partial charge in [-0.3, -0.25) is 9.59 Å². The molecule has 0 saturated carbocycles. The van der Waals surface area contributed by atoms with Crippen molar-refractivity contribution in [3.8, 4) is 17.2 Å². The Morgan fingerprint density at radius 2 is 1.80 bits per heavy atom. The topological polar surface area (TPSA) is 98.4 Å². The third-order valence-electron chi connectivity index (χ3n) is 5.67. The number of methoxy groups -OCH3 is 2. The Bertz CT molecular complexity index is 1280. The number of hydrogen-bond acceptors (Lipinski definition) is 7. The summed E-state index contributed by atoms with van der Waals surface area (Å²) >= 11 is 0. The lowest BCUT2D eigenvalue weighted by Crippen LogP contribution is -2.29. The second-order valence-electron chi connectivity index (χ2n) is 7.70. The highest BCUT2D eigenvalue weighted by Gasteiger charge is 2.46. The van der Waals surface area contributed by atoms with Crippen LogP contribution < -0.4 is 14.2 Å². The molecule has 9 heteroatoms. The number of aliphatic hydroxyl groups excluding tert-OH is 1. The van der Waals surface area contributed by atoms with Gasteiger partial charge in [0.25, 0.3) is 11.7 Å². The highest BCUT2D eigenvalue weighted by atomic mass is 19.1. The van der Waals surface area contributed by atoms with E-state index in [2.05, 4.69) is 0 Å². The summed E-state index contributed by atoms with van der Waals surface area (Å²) < 4.78 is 35.7. The number of benzene rings is 2. The second kappa shape index (κ2) is 9.92. The fourth-order valence-corrected chi connectivity index (χ4v) is 4.06. The summed E-state index contributed by atoms with van der Waals surface area (Å²) in [6.45, 7) is 2.22. The number of aliphatic hydroxyl groups is 1. The lowest BCUT2D eigenvalue weighted by molar-refractivity contribution is -0.140. The number of ether oxygens (including phenoxy) is 3. The molecule has 1 aliphatic rings. The van der Waals surface area contributed by atoms with Crippen molar-refractivity contribution in [3.05, 3.63) is 83.1 Å². The number of hydrogen-bond donors (Lipinski definition) is 1. The molecule has 1 aliphatic heterocycles. The largest absolute Gasteiger partial charge is 0.507 e. The molecule has 0 spiro atoms. The molecule has 4 rings (SSSR count). The maximum Gasteiger partial charge on any atom is 0.296 e. The lowest BCUT2D eigenvalue weighted by atomic mass is 9.95. The number of rotatable bonds is 8. The van der Waals surface area contributed by atoms with Crippen molar-refractivity contribution in [3.63, 3.8) is 0 Å². The van der Waals surface area contributed by atoms with E-state index >= 15 is 0 Å². The van der Waals surface area contributed by atoms with E-state index in [0.717, 1.165) is 6.07 Å². The van der Waals surface area contributed by atoms with E-state index in [4.69, 9.17) is 18.6 Å². The first-order valence-electron chi connectivity index (χ1n) is 10.8. The fraction of sp³-hybridized carbons (Fsp3) is 0.231. The minimum absolute atomic E-state index is 0.0207. The zero-order valence-electron chi connectivity index (χ0n) is 19.4. The molecule has 2 aromatic carbocycles. The van der Waals surface area contributed by atoms with Crippen LogP contribution in [0.15, 0.2) is 64.8 Å². The summed E-state index contributed by atoms with van der Waals surface area (Å²) in [4.78, 5) is 27.5. The number of Topliss-reactive ketones (excluding diaryl/α,β-unsaturated/α-hetero) is 1. The molecule has 1 unspecified atom stereocenters. The zero-order valence-corrected chi connectivity index (χ0v) is 19.4. The van der Waals surface area contributed by atoms with Crippen LogP contribution in [0.25, 0.3) is 5.76 Å². The predicted molar refractivity (Wildman–Crippen MR) is 124 cm³/mol. The molecule has 1 atom stereocenters. The molecule has 1 saturated heterocycles. The highest BCUT2D eigenvalue weighted by molar-refractivity contribution is 6.46. The second-order valence-corrected chi connectivity index (χ2v) is 7.70. The van der Waals surface area contributed by atoms with Crippen LogP contribution in [0.3, 0.4) is 0 Å². The predicted octanol–water partition coefficient (Wildman–Crippen LogP) is 4.46. The number of furan rings is 1. The van der Waals surface area contributed by atoms with Gasteiger partial charge >= 0.3 is 0 Å². The molecule has 1 N–H and O–H groups in total. The van der Waals surface area contributed by atoms with E-state index in [1.54, 1.807) is 30.3 Å². The Morgan fingerprint density at radius 1 is 1.06 bits per heavy atom. The van der Waals surface area contributed by atoms with Crippen molar-refractivity contribution >= 4 is 17.4 Å². The number of carbonyl (C=O) groups is 2.